The van der Waals surface area contributed by atoms with E-state index in [0.29, 0.717) is 0 Å². The maximum Gasteiger partial charge on any atom is 0.335 e. The van der Waals surface area contributed by atoms with Crippen molar-refractivity contribution >= 4 is 17.9 Å². The van der Waals surface area contributed by atoms with Gasteiger partial charge in [0.15, 0.2) is 0 Å². The van der Waals surface area contributed by atoms with Crippen molar-refractivity contribution in [2.45, 2.75) is 6.92 Å². The summed E-state index contributed by atoms with van der Waals surface area (Å²) in [6.07, 6.45) is 1.74. The normalized spacial score (nSPS) is 10.9. The van der Waals surface area contributed by atoms with E-state index in [1.807, 2.05) is 30.3 Å². The summed E-state index contributed by atoms with van der Waals surface area (Å²) in [4.78, 5) is 15.3. The molecule has 0 aliphatic rings. The van der Waals surface area contributed by atoms with Gasteiger partial charge in [0.1, 0.15) is 0 Å². The van der Waals surface area contributed by atoms with Crippen molar-refractivity contribution in [2.24, 2.45) is 4.99 Å². The predicted octanol–water partition coefficient (Wildman–Crippen LogP) is 5.11. The van der Waals surface area contributed by atoms with Crippen molar-refractivity contribution in [3.8, 4) is 11.1 Å². The standard InChI is InChI=1S/C21H17NO2/c1-15-13-19(11-12-20(15)17-5-3-2-4-6-17)22-14-16-7-9-18(10-8-16)21(23)24/h2-14H,1H3,(H,23,24)/b22-14-. The smallest absolute Gasteiger partial charge is 0.335 e. The molecule has 0 aliphatic carbocycles. The van der Waals surface area contributed by atoms with E-state index in [4.69, 9.17) is 5.11 Å². The Balaban J connectivity index is 1.81. The van der Waals surface area contributed by atoms with Gasteiger partial charge in [-0.15, -0.1) is 0 Å². The van der Waals surface area contributed by atoms with Crippen LogP contribution in [0.15, 0.2) is 77.8 Å². The Labute approximate surface area is 140 Å². The van der Waals surface area contributed by atoms with Crippen molar-refractivity contribution in [3.63, 3.8) is 0 Å². The quantitative estimate of drug-likeness (QED) is 0.680. The number of hydrogen-bond acceptors (Lipinski definition) is 2. The van der Waals surface area contributed by atoms with Gasteiger partial charge in [0.2, 0.25) is 0 Å². The third-order valence-electron chi connectivity index (χ3n) is 3.82. The first-order valence-corrected chi connectivity index (χ1v) is 7.67. The fourth-order valence-corrected chi connectivity index (χ4v) is 2.53. The number of carbonyl (C=O) groups is 1. The molecular weight excluding hydrogens is 298 g/mol. The molecule has 118 valence electrons. The van der Waals surface area contributed by atoms with E-state index in [9.17, 15) is 4.79 Å². The van der Waals surface area contributed by atoms with E-state index in [2.05, 4.69) is 30.1 Å². The highest BCUT2D eigenvalue weighted by molar-refractivity contribution is 5.89. The topological polar surface area (TPSA) is 49.7 Å². The van der Waals surface area contributed by atoms with Crippen molar-refractivity contribution in [2.75, 3.05) is 0 Å². The van der Waals surface area contributed by atoms with Crippen LogP contribution in [0.25, 0.3) is 11.1 Å². The Morgan fingerprint density at radius 1 is 0.958 bits per heavy atom. The second-order valence-corrected chi connectivity index (χ2v) is 5.55. The maximum absolute atomic E-state index is 10.8. The van der Waals surface area contributed by atoms with E-state index in [1.165, 1.54) is 11.1 Å². The van der Waals surface area contributed by atoms with Gasteiger partial charge in [0.25, 0.3) is 0 Å². The summed E-state index contributed by atoms with van der Waals surface area (Å²) in [5, 5.41) is 8.90. The van der Waals surface area contributed by atoms with Crippen LogP contribution in [0.4, 0.5) is 5.69 Å². The molecule has 0 atom stereocenters. The summed E-state index contributed by atoms with van der Waals surface area (Å²) >= 11 is 0. The van der Waals surface area contributed by atoms with Gasteiger partial charge in [-0.3, -0.25) is 4.99 Å². The highest BCUT2D eigenvalue weighted by atomic mass is 16.4. The molecule has 0 saturated heterocycles. The number of carboxylic acids is 1. The summed E-state index contributed by atoms with van der Waals surface area (Å²) in [6, 6.07) is 23.0. The molecule has 0 saturated carbocycles. The highest BCUT2D eigenvalue weighted by Gasteiger charge is 2.03. The van der Waals surface area contributed by atoms with Crippen molar-refractivity contribution in [3.05, 3.63) is 89.5 Å². The zero-order chi connectivity index (χ0) is 16.9. The number of aromatic carboxylic acids is 1. The predicted molar refractivity (Wildman–Crippen MR) is 97.3 cm³/mol. The van der Waals surface area contributed by atoms with Crippen LogP contribution in [-0.2, 0) is 0 Å². The molecule has 0 heterocycles. The third kappa shape index (κ3) is 3.58. The lowest BCUT2D eigenvalue weighted by atomic mass is 10.0. The fourth-order valence-electron chi connectivity index (χ4n) is 2.53. The first-order valence-electron chi connectivity index (χ1n) is 7.67. The van der Waals surface area contributed by atoms with Crippen LogP contribution in [0.3, 0.4) is 0 Å². The Morgan fingerprint density at radius 2 is 1.67 bits per heavy atom. The molecule has 0 fully saturated rings. The van der Waals surface area contributed by atoms with E-state index in [0.717, 1.165) is 16.8 Å². The first kappa shape index (κ1) is 15.7. The Morgan fingerprint density at radius 3 is 2.29 bits per heavy atom. The van der Waals surface area contributed by atoms with Crippen molar-refractivity contribution in [1.29, 1.82) is 0 Å². The minimum atomic E-state index is -0.925. The lowest BCUT2D eigenvalue weighted by molar-refractivity contribution is 0.0697. The summed E-state index contributed by atoms with van der Waals surface area (Å²) in [7, 11) is 0. The Kier molecular flexibility index (Phi) is 4.52. The van der Waals surface area contributed by atoms with E-state index >= 15 is 0 Å². The van der Waals surface area contributed by atoms with E-state index in [1.54, 1.807) is 30.5 Å². The molecule has 0 bridgehead atoms. The van der Waals surface area contributed by atoms with Gasteiger partial charge in [0, 0.05) is 6.21 Å². The molecule has 3 rings (SSSR count). The molecule has 1 N–H and O–H groups in total. The summed E-state index contributed by atoms with van der Waals surface area (Å²) in [6.45, 7) is 2.07. The number of hydrogen-bond donors (Lipinski definition) is 1. The number of carboxylic acid groups (broad SMARTS) is 1. The Hall–Kier alpha value is -3.20. The molecule has 3 aromatic carbocycles. The number of aryl methyl sites for hydroxylation is 1. The molecular formula is C21H17NO2. The number of aliphatic imine (C=N–C) groups is 1. The SMILES string of the molecule is Cc1cc(/N=C\c2ccc(C(=O)O)cc2)ccc1-c1ccccc1. The zero-order valence-corrected chi connectivity index (χ0v) is 13.3. The molecule has 0 aliphatic heterocycles. The monoisotopic (exact) mass is 315 g/mol. The van der Waals surface area contributed by atoms with E-state index in [-0.39, 0.29) is 5.56 Å². The minimum Gasteiger partial charge on any atom is -0.478 e. The van der Waals surface area contributed by atoms with Gasteiger partial charge >= 0.3 is 5.97 Å². The molecule has 0 aromatic heterocycles. The molecule has 24 heavy (non-hydrogen) atoms. The largest absolute Gasteiger partial charge is 0.478 e. The van der Waals surface area contributed by atoms with Gasteiger partial charge in [-0.05, 0) is 53.4 Å². The summed E-state index contributed by atoms with van der Waals surface area (Å²) in [5.74, 6) is -0.925. The van der Waals surface area contributed by atoms with Crippen molar-refractivity contribution in [1.82, 2.24) is 0 Å². The van der Waals surface area contributed by atoms with Crippen LogP contribution in [0.2, 0.25) is 0 Å². The molecule has 0 radical (unpaired) electrons. The van der Waals surface area contributed by atoms with Crippen LogP contribution in [-0.4, -0.2) is 17.3 Å². The van der Waals surface area contributed by atoms with Crippen LogP contribution < -0.4 is 0 Å². The number of rotatable bonds is 4. The molecule has 3 nitrogen and oxygen atoms in total. The van der Waals surface area contributed by atoms with Gasteiger partial charge in [0.05, 0.1) is 11.3 Å². The van der Waals surface area contributed by atoms with Crippen molar-refractivity contribution < 1.29 is 9.90 Å². The minimum absolute atomic E-state index is 0.273. The molecule has 0 amide bonds. The van der Waals surface area contributed by atoms with E-state index < -0.39 is 5.97 Å². The Bertz CT molecular complexity index is 881. The van der Waals surface area contributed by atoms with Gasteiger partial charge in [-0.25, -0.2) is 4.79 Å². The lowest BCUT2D eigenvalue weighted by Crippen LogP contribution is -1.95. The second kappa shape index (κ2) is 6.92. The van der Waals surface area contributed by atoms with Crippen LogP contribution in [0, 0.1) is 6.92 Å². The number of benzene rings is 3. The average molecular weight is 315 g/mol. The van der Waals surface area contributed by atoms with Crippen LogP contribution >= 0.6 is 0 Å². The van der Waals surface area contributed by atoms with Gasteiger partial charge < -0.3 is 5.11 Å². The van der Waals surface area contributed by atoms with Crippen LogP contribution in [0.1, 0.15) is 21.5 Å². The lowest BCUT2D eigenvalue weighted by Gasteiger charge is -2.06. The van der Waals surface area contributed by atoms with Gasteiger partial charge in [-0.2, -0.15) is 0 Å². The van der Waals surface area contributed by atoms with Gasteiger partial charge in [-0.1, -0.05) is 48.5 Å². The fraction of sp³-hybridized carbons (Fsp3) is 0.0476. The zero-order valence-electron chi connectivity index (χ0n) is 13.3. The average Bonchev–Trinajstić information content (AvgIpc) is 2.61. The van der Waals surface area contributed by atoms with Crippen LogP contribution in [0.5, 0.6) is 0 Å². The third-order valence-corrected chi connectivity index (χ3v) is 3.82. The molecule has 0 unspecified atom stereocenters. The maximum atomic E-state index is 10.8. The highest BCUT2D eigenvalue weighted by Crippen LogP contribution is 2.26. The summed E-state index contributed by atoms with van der Waals surface area (Å²) < 4.78 is 0. The molecule has 0 spiro atoms. The number of nitrogens with zero attached hydrogens (tertiary/aromatic N) is 1. The first-order chi connectivity index (χ1) is 11.6. The summed E-state index contributed by atoms with van der Waals surface area (Å²) in [5.41, 5.74) is 5.56. The molecule has 3 heteroatoms. The second-order valence-electron chi connectivity index (χ2n) is 5.55. The molecule has 3 aromatic rings.